The first-order chi connectivity index (χ1) is 5.33. The van der Waals surface area contributed by atoms with Crippen LogP contribution < -0.4 is 5.32 Å². The fourth-order valence-corrected chi connectivity index (χ4v) is 0.716. The predicted molar refractivity (Wildman–Crippen MR) is 46.7 cm³/mol. The van der Waals surface area contributed by atoms with Gasteiger partial charge in [0.2, 0.25) is 5.91 Å². The van der Waals surface area contributed by atoms with Crippen molar-refractivity contribution in [1.29, 1.82) is 0 Å². The topological polar surface area (TPSA) is 42.0 Å². The lowest BCUT2D eigenvalue weighted by Gasteiger charge is -1.99. The van der Waals surface area contributed by atoms with Gasteiger partial charge in [0, 0.05) is 6.20 Å². The van der Waals surface area contributed by atoms with Gasteiger partial charge in [0.1, 0.15) is 0 Å². The minimum absolute atomic E-state index is 0.124. The summed E-state index contributed by atoms with van der Waals surface area (Å²) in [4.78, 5) is 14.6. The lowest BCUT2D eigenvalue weighted by atomic mass is 10.4. The van der Waals surface area contributed by atoms with Crippen molar-refractivity contribution in [1.82, 2.24) is 4.98 Å². The second-order valence-electron chi connectivity index (χ2n) is 1.95. The second-order valence-corrected chi connectivity index (χ2v) is 2.26. The molecule has 1 amide bonds. The first-order valence-electron chi connectivity index (χ1n) is 3.13. The maximum Gasteiger partial charge on any atom is 0.234 e. The monoisotopic (exact) mass is 168 g/mol. The molecule has 11 heavy (non-hydrogen) atoms. The van der Waals surface area contributed by atoms with E-state index in [1.807, 2.05) is 0 Å². The van der Waals surface area contributed by atoms with Gasteiger partial charge in [-0.3, -0.25) is 9.78 Å². The highest BCUT2D eigenvalue weighted by molar-refractivity contribution is 7.81. The Morgan fingerprint density at radius 1 is 1.73 bits per heavy atom. The van der Waals surface area contributed by atoms with Crippen molar-refractivity contribution in [2.24, 2.45) is 0 Å². The highest BCUT2D eigenvalue weighted by Gasteiger charge is 1.96. The molecule has 1 aromatic rings. The molecule has 4 heteroatoms. The number of carbonyl (C=O) groups excluding carboxylic acids is 1. The van der Waals surface area contributed by atoms with E-state index in [4.69, 9.17) is 0 Å². The molecule has 1 N–H and O–H groups in total. The number of carbonyl (C=O) groups is 1. The van der Waals surface area contributed by atoms with E-state index in [9.17, 15) is 4.79 Å². The maximum atomic E-state index is 10.8. The fourth-order valence-electron chi connectivity index (χ4n) is 0.637. The van der Waals surface area contributed by atoms with Gasteiger partial charge in [0.25, 0.3) is 0 Å². The third-order valence-corrected chi connectivity index (χ3v) is 1.38. The third-order valence-electron chi connectivity index (χ3n) is 1.09. The zero-order valence-corrected chi connectivity index (χ0v) is 6.71. The molecule has 0 saturated heterocycles. The molecule has 3 nitrogen and oxygen atoms in total. The van der Waals surface area contributed by atoms with Gasteiger partial charge in [0.15, 0.2) is 0 Å². The minimum atomic E-state index is -0.124. The number of rotatable bonds is 2. The molecule has 0 aromatic carbocycles. The lowest BCUT2D eigenvalue weighted by Crippen LogP contribution is -2.12. The summed E-state index contributed by atoms with van der Waals surface area (Å²) < 4.78 is 0. The van der Waals surface area contributed by atoms with Crippen LogP contribution in [0.3, 0.4) is 0 Å². The van der Waals surface area contributed by atoms with E-state index >= 15 is 0 Å². The number of aromatic nitrogens is 1. The van der Waals surface area contributed by atoms with Gasteiger partial charge in [-0.25, -0.2) is 0 Å². The Morgan fingerprint density at radius 2 is 2.55 bits per heavy atom. The van der Waals surface area contributed by atoms with E-state index < -0.39 is 0 Å². The Bertz CT molecular complexity index is 237. The number of pyridine rings is 1. The lowest BCUT2D eigenvalue weighted by molar-refractivity contribution is -0.113. The molecule has 0 fully saturated rings. The van der Waals surface area contributed by atoms with Crippen molar-refractivity contribution in [3.63, 3.8) is 0 Å². The molecule has 0 aliphatic rings. The molecule has 0 atom stereocenters. The zero-order valence-electron chi connectivity index (χ0n) is 5.82. The maximum absolute atomic E-state index is 10.8. The third kappa shape index (κ3) is 2.59. The number of anilines is 1. The first-order valence-corrected chi connectivity index (χ1v) is 3.77. The summed E-state index contributed by atoms with van der Waals surface area (Å²) in [6.45, 7) is 0. The molecular weight excluding hydrogens is 160 g/mol. The van der Waals surface area contributed by atoms with Gasteiger partial charge >= 0.3 is 0 Å². The second kappa shape index (κ2) is 3.98. The summed E-state index contributed by atoms with van der Waals surface area (Å²) >= 11 is 3.81. The van der Waals surface area contributed by atoms with E-state index in [0.717, 1.165) is 0 Å². The summed E-state index contributed by atoms with van der Waals surface area (Å²) in [6.07, 6.45) is 3.23. The summed E-state index contributed by atoms with van der Waals surface area (Å²) in [6, 6.07) is 3.53. The van der Waals surface area contributed by atoms with Crippen LogP contribution in [-0.4, -0.2) is 16.6 Å². The minimum Gasteiger partial charge on any atom is -0.324 e. The number of nitrogens with zero attached hydrogens (tertiary/aromatic N) is 1. The highest BCUT2D eigenvalue weighted by atomic mass is 32.1. The fraction of sp³-hybridized carbons (Fsp3) is 0.143. The van der Waals surface area contributed by atoms with E-state index in [1.54, 1.807) is 24.5 Å². The van der Waals surface area contributed by atoms with Crippen LogP contribution in [0.25, 0.3) is 0 Å². The number of amides is 1. The zero-order chi connectivity index (χ0) is 8.10. The number of nitrogens with one attached hydrogen (secondary N) is 1. The SMILES string of the molecule is O=C(CS)Nc1cccnc1. The molecule has 1 aromatic heterocycles. The van der Waals surface area contributed by atoms with Crippen molar-refractivity contribution >= 4 is 24.2 Å². The van der Waals surface area contributed by atoms with Crippen LogP contribution in [-0.2, 0) is 4.79 Å². The Labute approximate surface area is 70.2 Å². The molecule has 0 aliphatic heterocycles. The molecule has 0 radical (unpaired) electrons. The van der Waals surface area contributed by atoms with Crippen molar-refractivity contribution in [3.8, 4) is 0 Å². The molecule has 0 unspecified atom stereocenters. The molecule has 0 aliphatic carbocycles. The van der Waals surface area contributed by atoms with Crippen molar-refractivity contribution in [2.45, 2.75) is 0 Å². The van der Waals surface area contributed by atoms with Gasteiger partial charge < -0.3 is 5.32 Å². The molecule has 1 rings (SSSR count). The molecule has 1 heterocycles. The standard InChI is InChI=1S/C7H8N2OS/c10-7(5-11)9-6-2-1-3-8-4-6/h1-4,11H,5H2,(H,9,10). The van der Waals surface area contributed by atoms with Gasteiger partial charge in [-0.15, -0.1) is 0 Å². The van der Waals surface area contributed by atoms with Gasteiger partial charge in [-0.2, -0.15) is 12.6 Å². The van der Waals surface area contributed by atoms with E-state index in [-0.39, 0.29) is 11.7 Å². The van der Waals surface area contributed by atoms with Crippen LogP contribution in [0.15, 0.2) is 24.5 Å². The molecule has 0 spiro atoms. The van der Waals surface area contributed by atoms with Crippen LogP contribution >= 0.6 is 12.6 Å². The van der Waals surface area contributed by atoms with E-state index in [2.05, 4.69) is 22.9 Å². The number of hydrogen-bond acceptors (Lipinski definition) is 3. The quantitative estimate of drug-likeness (QED) is 0.645. The average Bonchev–Trinajstić information content (AvgIpc) is 2.06. The first kappa shape index (κ1) is 8.07. The van der Waals surface area contributed by atoms with E-state index in [1.165, 1.54) is 0 Å². The summed E-state index contributed by atoms with van der Waals surface area (Å²) in [5.41, 5.74) is 0.701. The van der Waals surface area contributed by atoms with Crippen LogP contribution in [0.1, 0.15) is 0 Å². The molecular formula is C7H8N2OS. The van der Waals surface area contributed by atoms with Crippen LogP contribution in [0.5, 0.6) is 0 Å². The molecule has 0 bridgehead atoms. The van der Waals surface area contributed by atoms with E-state index in [0.29, 0.717) is 5.69 Å². The predicted octanol–water partition coefficient (Wildman–Crippen LogP) is 0.950. The van der Waals surface area contributed by atoms with Crippen molar-refractivity contribution in [2.75, 3.05) is 11.1 Å². The number of thiol groups is 1. The van der Waals surface area contributed by atoms with Crippen LogP contribution in [0.2, 0.25) is 0 Å². The van der Waals surface area contributed by atoms with Crippen molar-refractivity contribution in [3.05, 3.63) is 24.5 Å². The Kier molecular flexibility index (Phi) is 2.92. The van der Waals surface area contributed by atoms with Crippen molar-refractivity contribution < 1.29 is 4.79 Å². The van der Waals surface area contributed by atoms with Crippen LogP contribution in [0.4, 0.5) is 5.69 Å². The smallest absolute Gasteiger partial charge is 0.234 e. The number of hydrogen-bond donors (Lipinski definition) is 2. The largest absolute Gasteiger partial charge is 0.324 e. The average molecular weight is 168 g/mol. The van der Waals surface area contributed by atoms with Gasteiger partial charge in [-0.05, 0) is 12.1 Å². The molecule has 0 saturated carbocycles. The van der Waals surface area contributed by atoms with Gasteiger partial charge in [-0.1, -0.05) is 0 Å². The van der Waals surface area contributed by atoms with Gasteiger partial charge in [0.05, 0.1) is 17.6 Å². The summed E-state index contributed by atoms with van der Waals surface area (Å²) in [5, 5.41) is 2.61. The normalized spacial score (nSPS) is 9.18. The Hall–Kier alpha value is -1.03. The Morgan fingerprint density at radius 3 is 3.09 bits per heavy atom. The van der Waals surface area contributed by atoms with Crippen LogP contribution in [0, 0.1) is 0 Å². The Balaban J connectivity index is 2.58. The summed E-state index contributed by atoms with van der Waals surface area (Å²) in [7, 11) is 0. The highest BCUT2D eigenvalue weighted by Crippen LogP contribution is 2.01. The summed E-state index contributed by atoms with van der Waals surface area (Å²) in [5.74, 6) is 0.0656. The molecule has 58 valence electrons.